The Bertz CT molecular complexity index is 1310. The number of ether oxygens (including phenoxy) is 1. The molecule has 2 aromatic heterocycles. The maximum Gasteiger partial charge on any atom is 0.127 e. The molecule has 1 aliphatic heterocycles. The largest absolute Gasteiger partial charge is 0.381 e. The summed E-state index contributed by atoms with van der Waals surface area (Å²) in [6.07, 6.45) is 6.90. The lowest BCUT2D eigenvalue weighted by atomic mass is 9.86. The van der Waals surface area contributed by atoms with Crippen LogP contribution >= 0.6 is 15.9 Å². The normalized spacial score (nSPS) is 20.0. The maximum absolute atomic E-state index is 11.8. The fraction of sp³-hybridized carbons (Fsp3) is 0.333. The van der Waals surface area contributed by atoms with E-state index in [1.165, 1.54) is 27.6 Å². The number of benzene rings is 2. The lowest BCUT2D eigenvalue weighted by molar-refractivity contribution is -0.109. The number of aromatic nitrogens is 2. The zero-order valence-corrected chi connectivity index (χ0v) is 19.4. The highest BCUT2D eigenvalue weighted by Gasteiger charge is 2.33. The predicted octanol–water partition coefficient (Wildman–Crippen LogP) is 6.20. The minimum Gasteiger partial charge on any atom is -0.381 e. The summed E-state index contributed by atoms with van der Waals surface area (Å²) in [6.45, 7) is 1.61. The van der Waals surface area contributed by atoms with Crippen molar-refractivity contribution in [3.63, 3.8) is 0 Å². The summed E-state index contributed by atoms with van der Waals surface area (Å²) in [5.41, 5.74) is 7.27. The van der Waals surface area contributed by atoms with Gasteiger partial charge in [-0.05, 0) is 70.3 Å². The van der Waals surface area contributed by atoms with Crippen LogP contribution in [0.4, 0.5) is 0 Å². The molecule has 32 heavy (non-hydrogen) atoms. The van der Waals surface area contributed by atoms with E-state index < -0.39 is 0 Å². The van der Waals surface area contributed by atoms with Gasteiger partial charge in [-0.1, -0.05) is 42.5 Å². The van der Waals surface area contributed by atoms with Crippen LogP contribution in [0, 0.1) is 5.92 Å². The van der Waals surface area contributed by atoms with E-state index in [2.05, 4.69) is 69.0 Å². The first-order valence-corrected chi connectivity index (χ1v) is 12.2. The second-order valence-corrected chi connectivity index (χ2v) is 9.92. The van der Waals surface area contributed by atoms with Crippen molar-refractivity contribution in [3.05, 3.63) is 75.9 Å². The van der Waals surface area contributed by atoms with Gasteiger partial charge in [0.05, 0.1) is 22.6 Å². The average Bonchev–Trinajstić information content (AvgIpc) is 3.39. The fourth-order valence-electron chi connectivity index (χ4n) is 5.87. The molecule has 3 heterocycles. The smallest absolute Gasteiger partial charge is 0.127 e. The SMILES string of the molecule is O=CC1CCc2c1ccc1c3ncc(Br)cc3n(C(c3ccccc3)C3CCOCC3)c21. The Balaban J connectivity index is 1.71. The molecule has 5 heteroatoms. The Kier molecular flexibility index (Phi) is 5.11. The molecular weight excluding hydrogens is 464 g/mol. The first-order valence-electron chi connectivity index (χ1n) is 11.4. The number of fused-ring (bicyclic) bond motifs is 5. The summed E-state index contributed by atoms with van der Waals surface area (Å²) >= 11 is 3.67. The van der Waals surface area contributed by atoms with Gasteiger partial charge in [-0.25, -0.2) is 0 Å². The summed E-state index contributed by atoms with van der Waals surface area (Å²) in [5.74, 6) is 0.474. The van der Waals surface area contributed by atoms with Crippen LogP contribution in [0.25, 0.3) is 21.9 Å². The van der Waals surface area contributed by atoms with Crippen LogP contribution in [0.3, 0.4) is 0 Å². The Morgan fingerprint density at radius 3 is 2.69 bits per heavy atom. The average molecular weight is 489 g/mol. The van der Waals surface area contributed by atoms with E-state index in [4.69, 9.17) is 9.72 Å². The molecule has 2 unspecified atom stereocenters. The monoisotopic (exact) mass is 488 g/mol. The van der Waals surface area contributed by atoms with Gasteiger partial charge in [0.25, 0.3) is 0 Å². The second-order valence-electron chi connectivity index (χ2n) is 9.01. The fourth-order valence-corrected chi connectivity index (χ4v) is 6.19. The van der Waals surface area contributed by atoms with E-state index in [1.54, 1.807) is 0 Å². The molecule has 1 saturated heterocycles. The number of halogens is 1. The highest BCUT2D eigenvalue weighted by Crippen LogP contribution is 2.45. The van der Waals surface area contributed by atoms with Crippen molar-refractivity contribution in [2.75, 3.05) is 13.2 Å². The Hall–Kier alpha value is -2.50. The Morgan fingerprint density at radius 1 is 1.09 bits per heavy atom. The van der Waals surface area contributed by atoms with Gasteiger partial charge in [0.15, 0.2) is 0 Å². The standard InChI is InChI=1S/C27H25BrN2O2/c28-20-14-24-25(29-15-20)23-9-8-21-19(16-31)6-7-22(21)27(23)30(24)26(17-4-2-1-3-5-17)18-10-12-32-13-11-18/h1-5,8-9,14-16,18-19,26H,6-7,10-13H2. The highest BCUT2D eigenvalue weighted by molar-refractivity contribution is 9.10. The number of hydrogen-bond acceptors (Lipinski definition) is 3. The zero-order chi connectivity index (χ0) is 21.7. The lowest BCUT2D eigenvalue weighted by Crippen LogP contribution is -2.27. The number of pyridine rings is 1. The molecule has 2 atom stereocenters. The van der Waals surface area contributed by atoms with E-state index in [9.17, 15) is 4.79 Å². The van der Waals surface area contributed by atoms with Crippen molar-refractivity contribution in [1.29, 1.82) is 0 Å². The van der Waals surface area contributed by atoms with E-state index in [-0.39, 0.29) is 12.0 Å². The van der Waals surface area contributed by atoms with Crippen LogP contribution in [-0.2, 0) is 16.0 Å². The number of carbonyl (C=O) groups is 1. The number of aryl methyl sites for hydroxylation is 1. The van der Waals surface area contributed by atoms with E-state index in [1.807, 2.05) is 6.20 Å². The van der Waals surface area contributed by atoms with Crippen molar-refractivity contribution >= 4 is 44.2 Å². The van der Waals surface area contributed by atoms with Crippen LogP contribution in [0.15, 0.2) is 59.2 Å². The molecule has 162 valence electrons. The van der Waals surface area contributed by atoms with Gasteiger partial charge in [0.2, 0.25) is 0 Å². The summed E-state index contributed by atoms with van der Waals surface area (Å²) in [7, 11) is 0. The number of carbonyl (C=O) groups excluding carboxylic acids is 1. The van der Waals surface area contributed by atoms with Gasteiger partial charge < -0.3 is 14.1 Å². The van der Waals surface area contributed by atoms with Crippen LogP contribution in [0.5, 0.6) is 0 Å². The molecule has 0 spiro atoms. The minimum absolute atomic E-state index is 0.00110. The molecule has 1 fully saturated rings. The molecule has 0 amide bonds. The Labute approximate surface area is 195 Å². The summed E-state index contributed by atoms with van der Waals surface area (Å²) in [6, 6.07) is 17.6. The number of hydrogen-bond donors (Lipinski definition) is 0. The van der Waals surface area contributed by atoms with E-state index in [0.717, 1.165) is 60.7 Å². The van der Waals surface area contributed by atoms with Gasteiger partial charge in [0.1, 0.15) is 6.29 Å². The van der Waals surface area contributed by atoms with Crippen molar-refractivity contribution in [2.45, 2.75) is 37.6 Å². The molecule has 0 radical (unpaired) electrons. The number of aldehydes is 1. The molecule has 2 aliphatic rings. The van der Waals surface area contributed by atoms with Crippen LogP contribution < -0.4 is 0 Å². The lowest BCUT2D eigenvalue weighted by Gasteiger charge is -2.33. The molecule has 2 aromatic carbocycles. The highest BCUT2D eigenvalue weighted by atomic mass is 79.9. The topological polar surface area (TPSA) is 44.1 Å². The maximum atomic E-state index is 11.8. The molecular formula is C27H25BrN2O2. The summed E-state index contributed by atoms with van der Waals surface area (Å²) in [4.78, 5) is 16.6. The van der Waals surface area contributed by atoms with Crippen LogP contribution in [-0.4, -0.2) is 29.1 Å². The zero-order valence-electron chi connectivity index (χ0n) is 17.8. The third-order valence-electron chi connectivity index (χ3n) is 7.31. The first kappa shape index (κ1) is 20.1. The van der Waals surface area contributed by atoms with E-state index in [0.29, 0.717) is 5.92 Å². The van der Waals surface area contributed by atoms with E-state index >= 15 is 0 Å². The van der Waals surface area contributed by atoms with Crippen molar-refractivity contribution < 1.29 is 9.53 Å². The van der Waals surface area contributed by atoms with Gasteiger partial charge in [-0.2, -0.15) is 0 Å². The molecule has 4 nitrogen and oxygen atoms in total. The van der Waals surface area contributed by atoms with Crippen LogP contribution in [0.1, 0.15) is 47.9 Å². The summed E-state index contributed by atoms with van der Waals surface area (Å²) < 4.78 is 9.26. The molecule has 0 bridgehead atoms. The van der Waals surface area contributed by atoms with Gasteiger partial charge in [0, 0.05) is 35.2 Å². The molecule has 0 N–H and O–H groups in total. The molecule has 0 saturated carbocycles. The minimum atomic E-state index is -0.00110. The number of nitrogens with zero attached hydrogens (tertiary/aromatic N) is 2. The third-order valence-corrected chi connectivity index (χ3v) is 7.74. The Morgan fingerprint density at radius 2 is 1.91 bits per heavy atom. The molecule has 1 aliphatic carbocycles. The quantitative estimate of drug-likeness (QED) is 0.321. The van der Waals surface area contributed by atoms with Gasteiger partial charge in [-0.3, -0.25) is 4.98 Å². The van der Waals surface area contributed by atoms with Crippen molar-refractivity contribution in [3.8, 4) is 0 Å². The molecule has 4 aromatic rings. The summed E-state index contributed by atoms with van der Waals surface area (Å²) in [5, 5.41) is 1.19. The van der Waals surface area contributed by atoms with Gasteiger partial charge >= 0.3 is 0 Å². The predicted molar refractivity (Wildman–Crippen MR) is 130 cm³/mol. The number of rotatable bonds is 4. The third kappa shape index (κ3) is 3.13. The molecule has 6 rings (SSSR count). The van der Waals surface area contributed by atoms with Crippen LogP contribution in [0.2, 0.25) is 0 Å². The van der Waals surface area contributed by atoms with Crippen molar-refractivity contribution in [2.24, 2.45) is 5.92 Å². The first-order chi connectivity index (χ1) is 15.8. The van der Waals surface area contributed by atoms with Crippen molar-refractivity contribution in [1.82, 2.24) is 9.55 Å². The second kappa shape index (κ2) is 8.13. The van der Waals surface area contributed by atoms with Gasteiger partial charge in [-0.15, -0.1) is 0 Å².